The summed E-state index contributed by atoms with van der Waals surface area (Å²) in [6.07, 6.45) is 1.97. The molecule has 0 amide bonds. The van der Waals surface area contributed by atoms with Crippen molar-refractivity contribution >= 4 is 31.9 Å². The van der Waals surface area contributed by atoms with Crippen molar-refractivity contribution in [2.45, 2.75) is 19.4 Å². The van der Waals surface area contributed by atoms with Crippen LogP contribution in [0.4, 0.5) is 0 Å². The molecule has 20 heavy (non-hydrogen) atoms. The van der Waals surface area contributed by atoms with E-state index in [1.807, 2.05) is 18.2 Å². The molecule has 0 unspecified atom stereocenters. The van der Waals surface area contributed by atoms with Crippen LogP contribution in [0.1, 0.15) is 17.5 Å². The molecule has 0 saturated carbocycles. The third-order valence-corrected chi connectivity index (χ3v) is 4.12. The highest BCUT2D eigenvalue weighted by atomic mass is 79.9. The van der Waals surface area contributed by atoms with Gasteiger partial charge in [0.25, 0.3) is 0 Å². The van der Waals surface area contributed by atoms with Gasteiger partial charge in [0.15, 0.2) is 0 Å². The SMILES string of the molecule is OCc1cc(Br)c(OCCCc2ccccc2)c(Br)c1. The molecule has 0 heterocycles. The summed E-state index contributed by atoms with van der Waals surface area (Å²) in [6.45, 7) is 0.677. The zero-order chi connectivity index (χ0) is 14.4. The standard InChI is InChI=1S/C16H16Br2O2/c17-14-9-13(11-19)10-15(18)16(14)20-8-4-7-12-5-2-1-3-6-12/h1-3,5-6,9-10,19H,4,7-8,11H2. The number of aryl methyl sites for hydroxylation is 1. The van der Waals surface area contributed by atoms with Gasteiger partial charge in [-0.15, -0.1) is 0 Å². The van der Waals surface area contributed by atoms with Gasteiger partial charge in [0.05, 0.1) is 22.2 Å². The predicted octanol–water partition coefficient (Wildman–Crippen LogP) is 4.72. The third kappa shape index (κ3) is 4.33. The van der Waals surface area contributed by atoms with Gasteiger partial charge in [-0.3, -0.25) is 0 Å². The number of rotatable bonds is 6. The first-order chi connectivity index (χ1) is 9.70. The van der Waals surface area contributed by atoms with E-state index in [0.717, 1.165) is 33.1 Å². The fourth-order valence-electron chi connectivity index (χ4n) is 1.94. The Hall–Kier alpha value is -0.840. The van der Waals surface area contributed by atoms with E-state index < -0.39 is 0 Å². The van der Waals surface area contributed by atoms with Crippen LogP contribution in [-0.2, 0) is 13.0 Å². The summed E-state index contributed by atoms with van der Waals surface area (Å²) in [6, 6.07) is 14.1. The van der Waals surface area contributed by atoms with Gasteiger partial charge in [0.2, 0.25) is 0 Å². The highest BCUT2D eigenvalue weighted by molar-refractivity contribution is 9.11. The van der Waals surface area contributed by atoms with Crippen LogP contribution < -0.4 is 4.74 Å². The Bertz CT molecular complexity index is 533. The lowest BCUT2D eigenvalue weighted by atomic mass is 10.1. The number of halogens is 2. The van der Waals surface area contributed by atoms with E-state index in [-0.39, 0.29) is 6.61 Å². The van der Waals surface area contributed by atoms with Crippen LogP contribution in [0.3, 0.4) is 0 Å². The lowest BCUT2D eigenvalue weighted by Gasteiger charge is -2.11. The van der Waals surface area contributed by atoms with Gasteiger partial charge >= 0.3 is 0 Å². The van der Waals surface area contributed by atoms with Gasteiger partial charge in [-0.2, -0.15) is 0 Å². The first kappa shape index (κ1) is 15.5. The number of benzene rings is 2. The van der Waals surface area contributed by atoms with Gasteiger partial charge in [0, 0.05) is 0 Å². The molecule has 1 N–H and O–H groups in total. The molecule has 0 aromatic heterocycles. The summed E-state index contributed by atoms with van der Waals surface area (Å²) < 4.78 is 7.53. The number of aliphatic hydroxyl groups is 1. The second kappa shape index (κ2) is 7.81. The predicted molar refractivity (Wildman–Crippen MR) is 88.0 cm³/mol. The highest BCUT2D eigenvalue weighted by Gasteiger charge is 2.08. The normalized spacial score (nSPS) is 10.6. The smallest absolute Gasteiger partial charge is 0.147 e. The van der Waals surface area contributed by atoms with Gasteiger partial charge in [-0.1, -0.05) is 30.3 Å². The number of hydrogen-bond acceptors (Lipinski definition) is 2. The van der Waals surface area contributed by atoms with Gasteiger partial charge in [-0.25, -0.2) is 0 Å². The van der Waals surface area contributed by atoms with Crippen molar-refractivity contribution in [3.8, 4) is 5.75 Å². The molecule has 0 radical (unpaired) electrons. The molecule has 0 fully saturated rings. The number of ether oxygens (including phenoxy) is 1. The maximum atomic E-state index is 9.14. The zero-order valence-corrected chi connectivity index (χ0v) is 14.2. The molecular weight excluding hydrogens is 384 g/mol. The van der Waals surface area contributed by atoms with E-state index in [4.69, 9.17) is 9.84 Å². The summed E-state index contributed by atoms with van der Waals surface area (Å²) >= 11 is 6.94. The molecule has 2 aromatic carbocycles. The Morgan fingerprint density at radius 1 is 0.950 bits per heavy atom. The molecule has 0 aliphatic carbocycles. The van der Waals surface area contributed by atoms with Crippen molar-refractivity contribution in [2.75, 3.05) is 6.61 Å². The van der Waals surface area contributed by atoms with Crippen molar-refractivity contribution in [3.63, 3.8) is 0 Å². The summed E-state index contributed by atoms with van der Waals surface area (Å²) in [5, 5.41) is 9.14. The number of hydrogen-bond donors (Lipinski definition) is 1. The van der Waals surface area contributed by atoms with Gasteiger partial charge < -0.3 is 9.84 Å². The van der Waals surface area contributed by atoms with Crippen LogP contribution in [0, 0.1) is 0 Å². The maximum Gasteiger partial charge on any atom is 0.147 e. The lowest BCUT2D eigenvalue weighted by molar-refractivity contribution is 0.280. The minimum atomic E-state index is 0.0193. The monoisotopic (exact) mass is 398 g/mol. The van der Waals surface area contributed by atoms with Crippen LogP contribution in [-0.4, -0.2) is 11.7 Å². The van der Waals surface area contributed by atoms with Gasteiger partial charge in [-0.05, 0) is 68.0 Å². The zero-order valence-electron chi connectivity index (χ0n) is 11.0. The Morgan fingerprint density at radius 2 is 1.60 bits per heavy atom. The Labute approximate surface area is 136 Å². The molecule has 2 nitrogen and oxygen atoms in total. The number of aliphatic hydroxyl groups excluding tert-OH is 1. The fraction of sp³-hybridized carbons (Fsp3) is 0.250. The molecule has 0 aliphatic rings. The highest BCUT2D eigenvalue weighted by Crippen LogP contribution is 2.34. The van der Waals surface area contributed by atoms with Crippen molar-refractivity contribution in [1.82, 2.24) is 0 Å². The molecule has 0 bridgehead atoms. The second-order valence-electron chi connectivity index (χ2n) is 4.48. The maximum absolute atomic E-state index is 9.14. The molecular formula is C16H16Br2O2. The molecule has 4 heteroatoms. The van der Waals surface area contributed by atoms with E-state index in [9.17, 15) is 0 Å². The lowest BCUT2D eigenvalue weighted by Crippen LogP contribution is -2.01. The van der Waals surface area contributed by atoms with Crippen LogP contribution in [0.25, 0.3) is 0 Å². The van der Waals surface area contributed by atoms with Crippen LogP contribution in [0.15, 0.2) is 51.4 Å². The van der Waals surface area contributed by atoms with E-state index in [0.29, 0.717) is 6.61 Å². The minimum Gasteiger partial charge on any atom is -0.491 e. The van der Waals surface area contributed by atoms with Crippen molar-refractivity contribution in [1.29, 1.82) is 0 Å². The average molecular weight is 400 g/mol. The molecule has 0 aliphatic heterocycles. The van der Waals surface area contributed by atoms with Gasteiger partial charge in [0.1, 0.15) is 5.75 Å². The van der Waals surface area contributed by atoms with E-state index >= 15 is 0 Å². The average Bonchev–Trinajstić information content (AvgIpc) is 2.46. The second-order valence-corrected chi connectivity index (χ2v) is 6.19. The van der Waals surface area contributed by atoms with Crippen LogP contribution in [0.5, 0.6) is 5.75 Å². The van der Waals surface area contributed by atoms with Crippen molar-refractivity contribution in [3.05, 3.63) is 62.5 Å². The topological polar surface area (TPSA) is 29.5 Å². The first-order valence-electron chi connectivity index (χ1n) is 6.46. The minimum absolute atomic E-state index is 0.0193. The quantitative estimate of drug-likeness (QED) is 0.712. The molecule has 0 atom stereocenters. The van der Waals surface area contributed by atoms with Crippen molar-refractivity contribution < 1.29 is 9.84 Å². The summed E-state index contributed by atoms with van der Waals surface area (Å²) in [4.78, 5) is 0. The Morgan fingerprint density at radius 3 is 2.20 bits per heavy atom. The Balaban J connectivity index is 1.88. The first-order valence-corrected chi connectivity index (χ1v) is 8.05. The summed E-state index contributed by atoms with van der Waals surface area (Å²) in [5.41, 5.74) is 2.17. The molecule has 106 valence electrons. The summed E-state index contributed by atoms with van der Waals surface area (Å²) in [5.74, 6) is 0.787. The largest absolute Gasteiger partial charge is 0.491 e. The Kier molecular flexibility index (Phi) is 6.07. The van der Waals surface area contributed by atoms with E-state index in [1.54, 1.807) is 0 Å². The summed E-state index contributed by atoms with van der Waals surface area (Å²) in [7, 11) is 0. The molecule has 0 spiro atoms. The van der Waals surface area contributed by atoms with Crippen LogP contribution >= 0.6 is 31.9 Å². The van der Waals surface area contributed by atoms with E-state index in [1.165, 1.54) is 5.56 Å². The van der Waals surface area contributed by atoms with Crippen LogP contribution in [0.2, 0.25) is 0 Å². The van der Waals surface area contributed by atoms with E-state index in [2.05, 4.69) is 56.1 Å². The molecule has 2 aromatic rings. The fourth-order valence-corrected chi connectivity index (χ4v) is 3.45. The third-order valence-electron chi connectivity index (χ3n) is 2.94. The molecule has 2 rings (SSSR count). The van der Waals surface area contributed by atoms with Crippen molar-refractivity contribution in [2.24, 2.45) is 0 Å². The molecule has 0 saturated heterocycles.